The first-order chi connectivity index (χ1) is 7.33. The van der Waals surface area contributed by atoms with Crippen molar-refractivity contribution in [3.8, 4) is 0 Å². The van der Waals surface area contributed by atoms with E-state index in [1.807, 2.05) is 11.7 Å². The van der Waals surface area contributed by atoms with Gasteiger partial charge in [0.2, 0.25) is 0 Å². The third-order valence-electron chi connectivity index (χ3n) is 2.82. The number of aryl methyl sites for hydroxylation is 1. The monoisotopic (exact) mass is 210 g/mol. The smallest absolute Gasteiger partial charge is 0.138 e. The van der Waals surface area contributed by atoms with Crippen molar-refractivity contribution in [1.29, 1.82) is 0 Å². The lowest BCUT2D eigenvalue weighted by Gasteiger charge is -2.17. The molecule has 15 heavy (non-hydrogen) atoms. The van der Waals surface area contributed by atoms with E-state index in [0.717, 1.165) is 32.0 Å². The molecule has 0 spiro atoms. The maximum absolute atomic E-state index is 5.50. The lowest BCUT2D eigenvalue weighted by Crippen LogP contribution is -2.35. The zero-order valence-corrected chi connectivity index (χ0v) is 9.31. The first kappa shape index (κ1) is 10.6. The summed E-state index contributed by atoms with van der Waals surface area (Å²) in [5.74, 6) is 1.35. The molecule has 1 fully saturated rings. The van der Waals surface area contributed by atoms with Crippen LogP contribution in [0.1, 0.15) is 25.1 Å². The van der Waals surface area contributed by atoms with Gasteiger partial charge >= 0.3 is 0 Å². The third kappa shape index (κ3) is 2.18. The van der Waals surface area contributed by atoms with Gasteiger partial charge in [-0.25, -0.2) is 4.98 Å². The van der Waals surface area contributed by atoms with Crippen LogP contribution in [0.2, 0.25) is 0 Å². The Labute approximate surface area is 89.8 Å². The van der Waals surface area contributed by atoms with Crippen LogP contribution >= 0.6 is 0 Å². The Bertz CT molecular complexity index is 312. The molecule has 0 amide bonds. The first-order valence-electron chi connectivity index (χ1n) is 5.48. The molecule has 2 atom stereocenters. The SMILES string of the molecule is CCCNC1COCC1c1ncnn1C. The van der Waals surface area contributed by atoms with E-state index in [1.165, 1.54) is 0 Å². The minimum Gasteiger partial charge on any atom is -0.379 e. The molecule has 2 unspecified atom stereocenters. The van der Waals surface area contributed by atoms with Gasteiger partial charge in [0.05, 0.1) is 19.1 Å². The number of nitrogens with one attached hydrogen (secondary N) is 1. The van der Waals surface area contributed by atoms with Crippen molar-refractivity contribution in [1.82, 2.24) is 20.1 Å². The molecule has 1 saturated heterocycles. The van der Waals surface area contributed by atoms with Crippen molar-refractivity contribution in [2.75, 3.05) is 19.8 Å². The number of rotatable bonds is 4. The Morgan fingerprint density at radius 3 is 3.13 bits per heavy atom. The second-order valence-corrected chi connectivity index (χ2v) is 3.95. The van der Waals surface area contributed by atoms with Crippen LogP contribution in [-0.4, -0.2) is 40.6 Å². The highest BCUT2D eigenvalue weighted by Crippen LogP contribution is 2.23. The van der Waals surface area contributed by atoms with Gasteiger partial charge in [0.1, 0.15) is 12.2 Å². The topological polar surface area (TPSA) is 52.0 Å². The molecular formula is C10H18N4O. The molecule has 84 valence electrons. The van der Waals surface area contributed by atoms with E-state index in [4.69, 9.17) is 4.74 Å². The Balaban J connectivity index is 2.04. The first-order valence-corrected chi connectivity index (χ1v) is 5.48. The molecule has 5 nitrogen and oxygen atoms in total. The molecule has 1 aliphatic rings. The Kier molecular flexibility index (Phi) is 3.33. The number of hydrogen-bond donors (Lipinski definition) is 1. The molecule has 0 saturated carbocycles. The highest BCUT2D eigenvalue weighted by atomic mass is 16.5. The van der Waals surface area contributed by atoms with Gasteiger partial charge in [0, 0.05) is 13.1 Å². The van der Waals surface area contributed by atoms with Crippen LogP contribution in [-0.2, 0) is 11.8 Å². The predicted octanol–water partition coefficient (Wildman–Crippen LogP) is 0.297. The van der Waals surface area contributed by atoms with E-state index in [2.05, 4.69) is 22.3 Å². The average molecular weight is 210 g/mol. The van der Waals surface area contributed by atoms with Gasteiger partial charge in [-0.3, -0.25) is 4.68 Å². The predicted molar refractivity (Wildman–Crippen MR) is 56.6 cm³/mol. The minimum absolute atomic E-state index is 0.337. The van der Waals surface area contributed by atoms with E-state index in [0.29, 0.717) is 12.0 Å². The molecule has 1 aliphatic heterocycles. The van der Waals surface area contributed by atoms with Crippen molar-refractivity contribution >= 4 is 0 Å². The van der Waals surface area contributed by atoms with Crippen molar-refractivity contribution in [2.45, 2.75) is 25.3 Å². The van der Waals surface area contributed by atoms with Gasteiger partial charge in [-0.1, -0.05) is 6.92 Å². The van der Waals surface area contributed by atoms with E-state index in [9.17, 15) is 0 Å². The molecule has 2 heterocycles. The normalized spacial score (nSPS) is 26.0. The molecule has 0 aromatic carbocycles. The summed E-state index contributed by atoms with van der Waals surface area (Å²) >= 11 is 0. The maximum atomic E-state index is 5.50. The summed E-state index contributed by atoms with van der Waals surface area (Å²) in [6.45, 7) is 4.72. The van der Waals surface area contributed by atoms with Crippen LogP contribution < -0.4 is 5.32 Å². The lowest BCUT2D eigenvalue weighted by molar-refractivity contribution is 0.187. The van der Waals surface area contributed by atoms with Crippen LogP contribution in [0.3, 0.4) is 0 Å². The number of ether oxygens (including phenoxy) is 1. The third-order valence-corrected chi connectivity index (χ3v) is 2.82. The Morgan fingerprint density at radius 2 is 2.47 bits per heavy atom. The largest absolute Gasteiger partial charge is 0.379 e. The molecular weight excluding hydrogens is 192 g/mol. The van der Waals surface area contributed by atoms with Crippen molar-refractivity contribution in [3.05, 3.63) is 12.2 Å². The van der Waals surface area contributed by atoms with Crippen LogP contribution in [0.15, 0.2) is 6.33 Å². The second-order valence-electron chi connectivity index (χ2n) is 3.95. The summed E-state index contributed by atoms with van der Waals surface area (Å²) in [5, 5.41) is 7.59. The standard InChI is InChI=1S/C10H18N4O/c1-3-4-11-9-6-15-5-8(9)10-12-7-13-14(10)2/h7-9,11H,3-6H2,1-2H3. The van der Waals surface area contributed by atoms with Crippen LogP contribution in [0.25, 0.3) is 0 Å². The number of hydrogen-bond acceptors (Lipinski definition) is 4. The summed E-state index contributed by atoms with van der Waals surface area (Å²) in [6, 6.07) is 0.382. The van der Waals surface area contributed by atoms with Gasteiger partial charge in [-0.2, -0.15) is 5.10 Å². The zero-order valence-electron chi connectivity index (χ0n) is 9.31. The number of aromatic nitrogens is 3. The molecule has 1 N–H and O–H groups in total. The minimum atomic E-state index is 0.337. The fourth-order valence-corrected chi connectivity index (χ4v) is 1.98. The van der Waals surface area contributed by atoms with Gasteiger partial charge in [-0.05, 0) is 13.0 Å². The Morgan fingerprint density at radius 1 is 1.60 bits per heavy atom. The molecule has 5 heteroatoms. The number of nitrogens with zero attached hydrogens (tertiary/aromatic N) is 3. The summed E-state index contributed by atoms with van der Waals surface area (Å²) < 4.78 is 7.34. The average Bonchev–Trinajstić information content (AvgIpc) is 2.82. The molecule has 0 radical (unpaired) electrons. The fourth-order valence-electron chi connectivity index (χ4n) is 1.98. The lowest BCUT2D eigenvalue weighted by atomic mass is 10.0. The van der Waals surface area contributed by atoms with Crippen molar-refractivity contribution < 1.29 is 4.74 Å². The quantitative estimate of drug-likeness (QED) is 0.776. The maximum Gasteiger partial charge on any atom is 0.138 e. The molecule has 0 aliphatic carbocycles. The van der Waals surface area contributed by atoms with Gasteiger partial charge < -0.3 is 10.1 Å². The Hall–Kier alpha value is -0.940. The molecule has 1 aromatic rings. The molecule has 2 rings (SSSR count). The van der Waals surface area contributed by atoms with E-state index >= 15 is 0 Å². The van der Waals surface area contributed by atoms with Crippen molar-refractivity contribution in [3.63, 3.8) is 0 Å². The van der Waals surface area contributed by atoms with Gasteiger partial charge in [0.25, 0.3) is 0 Å². The summed E-state index contributed by atoms with van der Waals surface area (Å²) in [4.78, 5) is 4.29. The van der Waals surface area contributed by atoms with E-state index < -0.39 is 0 Å². The fraction of sp³-hybridized carbons (Fsp3) is 0.800. The van der Waals surface area contributed by atoms with Crippen LogP contribution in [0, 0.1) is 0 Å². The van der Waals surface area contributed by atoms with Gasteiger partial charge in [-0.15, -0.1) is 0 Å². The van der Waals surface area contributed by atoms with E-state index in [1.54, 1.807) is 6.33 Å². The summed E-state index contributed by atoms with van der Waals surface area (Å²) in [5.41, 5.74) is 0. The van der Waals surface area contributed by atoms with Crippen LogP contribution in [0.5, 0.6) is 0 Å². The molecule has 1 aromatic heterocycles. The highest BCUT2D eigenvalue weighted by molar-refractivity contribution is 5.04. The van der Waals surface area contributed by atoms with Gasteiger partial charge in [0.15, 0.2) is 0 Å². The second kappa shape index (κ2) is 4.72. The van der Waals surface area contributed by atoms with E-state index in [-0.39, 0.29) is 0 Å². The van der Waals surface area contributed by atoms with Crippen molar-refractivity contribution in [2.24, 2.45) is 7.05 Å². The van der Waals surface area contributed by atoms with Crippen LogP contribution in [0.4, 0.5) is 0 Å². The zero-order chi connectivity index (χ0) is 10.7. The summed E-state index contributed by atoms with van der Waals surface area (Å²) in [7, 11) is 1.93. The summed E-state index contributed by atoms with van der Waals surface area (Å²) in [6.07, 6.45) is 2.74. The highest BCUT2D eigenvalue weighted by Gasteiger charge is 2.31. The molecule has 0 bridgehead atoms.